The Hall–Kier alpha value is -1.51. The number of guanidine groups is 1. The summed E-state index contributed by atoms with van der Waals surface area (Å²) in [6, 6.07) is 0. The van der Waals surface area contributed by atoms with Gasteiger partial charge in [-0.25, -0.2) is 13.2 Å². The quantitative estimate of drug-likeness (QED) is 0.433. The number of rotatable bonds is 3. The van der Waals surface area contributed by atoms with E-state index in [1.54, 1.807) is 41.7 Å². The Morgan fingerprint density at radius 1 is 1.25 bits per heavy atom. The van der Waals surface area contributed by atoms with Gasteiger partial charge in [-0.1, -0.05) is 0 Å². The van der Waals surface area contributed by atoms with E-state index >= 15 is 0 Å². The zero-order chi connectivity index (χ0) is 18.6. The Morgan fingerprint density at radius 3 is 2.33 bits per heavy atom. The molecule has 0 saturated carbocycles. The summed E-state index contributed by atoms with van der Waals surface area (Å²) < 4.78 is 28.5. The number of carbonyl (C=O) groups is 1. The Balaban J connectivity index is 2.46. The van der Waals surface area contributed by atoms with Crippen molar-refractivity contribution in [2.45, 2.75) is 45.0 Å². The smallest absolute Gasteiger partial charge is 0.407 e. The molecule has 9 heteroatoms. The molecular formula is C15H30N4O4S. The number of hydrogen-bond acceptors (Lipinski definition) is 5. The van der Waals surface area contributed by atoms with Crippen molar-refractivity contribution in [1.29, 1.82) is 0 Å². The van der Waals surface area contributed by atoms with Crippen molar-refractivity contribution in [3.8, 4) is 0 Å². The summed E-state index contributed by atoms with van der Waals surface area (Å²) in [6.45, 7) is 10.5. The van der Waals surface area contributed by atoms with Crippen molar-refractivity contribution < 1.29 is 17.9 Å². The maximum Gasteiger partial charge on any atom is 0.407 e. The van der Waals surface area contributed by atoms with E-state index in [-0.39, 0.29) is 5.75 Å². The second kappa shape index (κ2) is 7.58. The molecule has 1 amide bonds. The van der Waals surface area contributed by atoms with Gasteiger partial charge in [0, 0.05) is 33.2 Å². The number of carbonyl (C=O) groups excluding carboxylic acids is 1. The molecule has 1 heterocycles. The Kier molecular flexibility index (Phi) is 6.49. The van der Waals surface area contributed by atoms with E-state index < -0.39 is 26.3 Å². The van der Waals surface area contributed by atoms with E-state index in [1.165, 1.54) is 0 Å². The summed E-state index contributed by atoms with van der Waals surface area (Å²) in [6.07, 6.45) is -0.468. The third-order valence-electron chi connectivity index (χ3n) is 3.63. The number of nitrogens with one attached hydrogen (secondary N) is 2. The van der Waals surface area contributed by atoms with Crippen LogP contribution in [0.3, 0.4) is 0 Å². The molecule has 140 valence electrons. The van der Waals surface area contributed by atoms with Crippen molar-refractivity contribution in [2.75, 3.05) is 39.0 Å². The van der Waals surface area contributed by atoms with E-state index in [0.29, 0.717) is 32.1 Å². The van der Waals surface area contributed by atoms with Gasteiger partial charge in [0.2, 0.25) is 0 Å². The average Bonchev–Trinajstić information content (AvgIpc) is 2.40. The molecule has 0 unspecified atom stereocenters. The minimum absolute atomic E-state index is 0.108. The molecule has 24 heavy (non-hydrogen) atoms. The largest absolute Gasteiger partial charge is 0.444 e. The highest BCUT2D eigenvalue weighted by atomic mass is 32.2. The maximum absolute atomic E-state index is 12.1. The first kappa shape index (κ1) is 20.5. The maximum atomic E-state index is 12.1. The van der Waals surface area contributed by atoms with Crippen LogP contribution in [-0.2, 0) is 14.6 Å². The monoisotopic (exact) mass is 362 g/mol. The molecule has 0 aromatic carbocycles. The van der Waals surface area contributed by atoms with Gasteiger partial charge in [0.15, 0.2) is 15.8 Å². The number of amides is 1. The summed E-state index contributed by atoms with van der Waals surface area (Å²) in [5, 5.41) is 5.79. The Morgan fingerprint density at radius 2 is 1.83 bits per heavy atom. The predicted molar refractivity (Wildman–Crippen MR) is 95.0 cm³/mol. The minimum Gasteiger partial charge on any atom is -0.444 e. The highest BCUT2D eigenvalue weighted by molar-refractivity contribution is 7.92. The van der Waals surface area contributed by atoms with Gasteiger partial charge in [0.05, 0.1) is 10.5 Å². The van der Waals surface area contributed by atoms with Gasteiger partial charge in [0.1, 0.15) is 5.60 Å². The summed E-state index contributed by atoms with van der Waals surface area (Å²) in [7, 11) is -1.43. The van der Waals surface area contributed by atoms with Crippen molar-refractivity contribution in [2.24, 2.45) is 4.99 Å². The molecule has 0 aliphatic carbocycles. The van der Waals surface area contributed by atoms with Gasteiger partial charge < -0.3 is 20.3 Å². The van der Waals surface area contributed by atoms with E-state index in [2.05, 4.69) is 15.6 Å². The van der Waals surface area contributed by atoms with Crippen LogP contribution in [0.5, 0.6) is 0 Å². The van der Waals surface area contributed by atoms with Gasteiger partial charge >= 0.3 is 6.09 Å². The van der Waals surface area contributed by atoms with E-state index in [1.807, 2.05) is 4.90 Å². The summed E-state index contributed by atoms with van der Waals surface area (Å²) in [5.41, 5.74) is -0.529. The molecule has 8 nitrogen and oxygen atoms in total. The molecule has 2 N–H and O–H groups in total. The van der Waals surface area contributed by atoms with Crippen LogP contribution in [0.1, 0.15) is 34.6 Å². The van der Waals surface area contributed by atoms with Crippen LogP contribution in [0.25, 0.3) is 0 Å². The van der Waals surface area contributed by atoms with Gasteiger partial charge in [-0.3, -0.25) is 4.99 Å². The molecule has 0 bridgehead atoms. The average molecular weight is 362 g/mol. The molecular weight excluding hydrogens is 332 g/mol. The van der Waals surface area contributed by atoms with Gasteiger partial charge in [0.25, 0.3) is 0 Å². The number of ether oxygens (including phenoxy) is 1. The predicted octanol–water partition coefficient (Wildman–Crippen LogP) is 0.596. The first-order chi connectivity index (χ1) is 10.9. The number of hydrogen-bond donors (Lipinski definition) is 2. The van der Waals surface area contributed by atoms with E-state index in [0.717, 1.165) is 0 Å². The zero-order valence-corrected chi connectivity index (χ0v) is 16.3. The SMILES string of the molecule is CN=C(NCCNC(=O)OC(C)(C)C)N1CCS(=O)(=O)C(C)(C)C1. The fourth-order valence-corrected chi connectivity index (χ4v) is 3.68. The standard InChI is InChI=1S/C15H30N4O4S/c1-14(2,3)23-13(20)18-8-7-17-12(16-6)19-9-10-24(21,22)15(4,5)11-19/h7-11H2,1-6H3,(H,16,17)(H,18,20). The fourth-order valence-electron chi connectivity index (χ4n) is 2.31. The topological polar surface area (TPSA) is 100 Å². The zero-order valence-electron chi connectivity index (χ0n) is 15.5. The Bertz CT molecular complexity index is 579. The highest BCUT2D eigenvalue weighted by Crippen LogP contribution is 2.23. The minimum atomic E-state index is -3.09. The third-order valence-corrected chi connectivity index (χ3v) is 6.16. The number of alkyl carbamates (subject to hydrolysis) is 1. The third kappa shape index (κ3) is 5.85. The summed E-state index contributed by atoms with van der Waals surface area (Å²) in [5.74, 6) is 0.737. The van der Waals surface area contributed by atoms with Gasteiger partial charge in [-0.05, 0) is 34.6 Å². The summed E-state index contributed by atoms with van der Waals surface area (Å²) in [4.78, 5) is 17.7. The first-order valence-corrected chi connectivity index (χ1v) is 9.68. The lowest BCUT2D eigenvalue weighted by Crippen LogP contribution is -2.57. The van der Waals surface area contributed by atoms with Crippen LogP contribution in [0.4, 0.5) is 4.79 Å². The van der Waals surface area contributed by atoms with E-state index in [4.69, 9.17) is 4.74 Å². The highest BCUT2D eigenvalue weighted by Gasteiger charge is 2.40. The van der Waals surface area contributed by atoms with Gasteiger partial charge in [-0.15, -0.1) is 0 Å². The second-order valence-electron chi connectivity index (χ2n) is 7.40. The fraction of sp³-hybridized carbons (Fsp3) is 0.867. The molecule has 1 saturated heterocycles. The molecule has 1 aliphatic rings. The number of nitrogens with zero attached hydrogens (tertiary/aromatic N) is 2. The molecule has 0 atom stereocenters. The lowest BCUT2D eigenvalue weighted by molar-refractivity contribution is 0.0528. The van der Waals surface area contributed by atoms with Crippen LogP contribution in [0, 0.1) is 0 Å². The van der Waals surface area contributed by atoms with Crippen molar-refractivity contribution in [3.05, 3.63) is 0 Å². The van der Waals surface area contributed by atoms with Crippen LogP contribution < -0.4 is 10.6 Å². The molecule has 0 aromatic heterocycles. The lowest BCUT2D eigenvalue weighted by Gasteiger charge is -2.39. The van der Waals surface area contributed by atoms with Crippen molar-refractivity contribution >= 4 is 21.9 Å². The molecule has 1 fully saturated rings. The van der Waals surface area contributed by atoms with Crippen LogP contribution in [-0.4, -0.2) is 74.7 Å². The molecule has 0 spiro atoms. The van der Waals surface area contributed by atoms with Crippen LogP contribution in [0.2, 0.25) is 0 Å². The second-order valence-corrected chi connectivity index (χ2v) is 10.1. The van der Waals surface area contributed by atoms with Crippen LogP contribution >= 0.6 is 0 Å². The molecule has 0 aromatic rings. The normalized spacial score (nSPS) is 20.4. The van der Waals surface area contributed by atoms with Crippen molar-refractivity contribution in [1.82, 2.24) is 15.5 Å². The summed E-state index contributed by atoms with van der Waals surface area (Å²) >= 11 is 0. The Labute approximate surface area is 144 Å². The lowest BCUT2D eigenvalue weighted by atomic mass is 10.2. The van der Waals surface area contributed by atoms with Crippen LogP contribution in [0.15, 0.2) is 4.99 Å². The molecule has 1 aliphatic heterocycles. The van der Waals surface area contributed by atoms with Gasteiger partial charge in [-0.2, -0.15) is 0 Å². The van der Waals surface area contributed by atoms with E-state index in [9.17, 15) is 13.2 Å². The number of aliphatic imine (C=N–C) groups is 1. The molecule has 0 radical (unpaired) electrons. The first-order valence-electron chi connectivity index (χ1n) is 8.03. The number of sulfone groups is 1. The van der Waals surface area contributed by atoms with Crippen molar-refractivity contribution in [3.63, 3.8) is 0 Å². The molecule has 1 rings (SSSR count).